The van der Waals surface area contributed by atoms with Crippen LogP contribution in [0.2, 0.25) is 0 Å². The van der Waals surface area contributed by atoms with E-state index >= 15 is 0 Å². The van der Waals surface area contributed by atoms with Crippen LogP contribution in [0.3, 0.4) is 0 Å². The molecule has 2 fully saturated rings. The average Bonchev–Trinajstić information content (AvgIpc) is 3.43. The zero-order chi connectivity index (χ0) is 20.1. The molecule has 0 spiro atoms. The van der Waals surface area contributed by atoms with Crippen LogP contribution in [0.15, 0.2) is 66.7 Å². The van der Waals surface area contributed by atoms with Crippen LogP contribution in [-0.2, 0) is 9.59 Å². The highest BCUT2D eigenvalue weighted by atomic mass is 16.2. The normalized spacial score (nSPS) is 26.9. The van der Waals surface area contributed by atoms with Gasteiger partial charge in [-0.3, -0.25) is 19.3 Å². The van der Waals surface area contributed by atoms with E-state index in [9.17, 15) is 14.4 Å². The van der Waals surface area contributed by atoms with Gasteiger partial charge in [-0.2, -0.15) is 0 Å². The van der Waals surface area contributed by atoms with Gasteiger partial charge in [-0.15, -0.1) is 0 Å². The number of carbonyl (C=O) groups is 3. The van der Waals surface area contributed by atoms with Gasteiger partial charge in [-0.25, -0.2) is 0 Å². The summed E-state index contributed by atoms with van der Waals surface area (Å²) in [6.45, 7) is 2.48. The molecule has 146 valence electrons. The molecule has 0 unspecified atom stereocenters. The number of amides is 3. The summed E-state index contributed by atoms with van der Waals surface area (Å²) in [5.41, 5.74) is 1.92. The van der Waals surface area contributed by atoms with Crippen LogP contribution >= 0.6 is 0 Å². The van der Waals surface area contributed by atoms with Gasteiger partial charge in [0, 0.05) is 17.8 Å². The van der Waals surface area contributed by atoms with Crippen molar-refractivity contribution in [3.63, 3.8) is 0 Å². The second-order valence-electron chi connectivity index (χ2n) is 7.94. The third-order valence-electron chi connectivity index (χ3n) is 6.47. The number of hydrogen-bond acceptors (Lipinski definition) is 3. The topological polar surface area (TPSA) is 57.7 Å². The molecular weight excluding hydrogens is 364 g/mol. The van der Waals surface area contributed by atoms with Gasteiger partial charge in [-0.1, -0.05) is 30.4 Å². The SMILES string of the molecule is CCN(C(=O)c1ccc(N2C(=O)[C@@H]3[C@H](C2=O)[C@@H]2C=C[C@@H]3C2)cc1)c1ccccc1. The molecule has 2 aromatic carbocycles. The molecule has 5 heteroatoms. The Balaban J connectivity index is 1.39. The number of carbonyl (C=O) groups excluding carboxylic acids is 3. The largest absolute Gasteiger partial charge is 0.309 e. The van der Waals surface area contributed by atoms with E-state index in [0.717, 1.165) is 12.1 Å². The van der Waals surface area contributed by atoms with Crippen LogP contribution in [0.1, 0.15) is 23.7 Å². The molecule has 5 rings (SSSR count). The number of rotatable bonds is 4. The smallest absolute Gasteiger partial charge is 0.258 e. The molecule has 2 aliphatic carbocycles. The summed E-state index contributed by atoms with van der Waals surface area (Å²) >= 11 is 0. The quantitative estimate of drug-likeness (QED) is 0.595. The van der Waals surface area contributed by atoms with Crippen molar-refractivity contribution in [2.24, 2.45) is 23.7 Å². The predicted molar refractivity (Wildman–Crippen MR) is 110 cm³/mol. The van der Waals surface area contributed by atoms with Gasteiger partial charge < -0.3 is 4.90 Å². The number of hydrogen-bond donors (Lipinski definition) is 0. The third-order valence-corrected chi connectivity index (χ3v) is 6.47. The molecule has 4 atom stereocenters. The van der Waals surface area contributed by atoms with E-state index < -0.39 is 0 Å². The monoisotopic (exact) mass is 386 g/mol. The number of para-hydroxylation sites is 1. The standard InChI is InChI=1S/C24H22N2O3/c1-2-25(18-6-4-3-5-7-18)22(27)15-10-12-19(13-11-15)26-23(28)20-16-8-9-17(14-16)21(20)24(26)29/h3-13,16-17,20-21H,2,14H2,1H3/t16-,17-,20-,21+/m1/s1. The van der Waals surface area contributed by atoms with E-state index in [0.29, 0.717) is 17.8 Å². The van der Waals surface area contributed by atoms with Crippen LogP contribution < -0.4 is 9.80 Å². The van der Waals surface area contributed by atoms with E-state index in [1.165, 1.54) is 4.90 Å². The Bertz CT molecular complexity index is 982. The van der Waals surface area contributed by atoms with Crippen molar-refractivity contribution < 1.29 is 14.4 Å². The Kier molecular flexibility index (Phi) is 4.12. The molecule has 1 saturated carbocycles. The molecule has 2 aromatic rings. The summed E-state index contributed by atoms with van der Waals surface area (Å²) in [6.07, 6.45) is 5.09. The van der Waals surface area contributed by atoms with Gasteiger partial charge in [0.25, 0.3) is 5.91 Å². The summed E-state index contributed by atoms with van der Waals surface area (Å²) in [4.78, 5) is 41.9. The lowest BCUT2D eigenvalue weighted by atomic mass is 9.85. The molecule has 1 heterocycles. The molecule has 3 amide bonds. The first-order valence-electron chi connectivity index (χ1n) is 10.1. The Hall–Kier alpha value is -3.21. The summed E-state index contributed by atoms with van der Waals surface area (Å²) in [5, 5.41) is 0. The fourth-order valence-electron chi connectivity index (χ4n) is 5.12. The highest BCUT2D eigenvalue weighted by molar-refractivity contribution is 6.23. The molecule has 1 aliphatic heterocycles. The van der Waals surface area contributed by atoms with Gasteiger partial charge >= 0.3 is 0 Å². The Morgan fingerprint density at radius 2 is 1.52 bits per heavy atom. The van der Waals surface area contributed by atoms with Crippen molar-refractivity contribution in [1.82, 2.24) is 0 Å². The maximum atomic E-state index is 13.0. The number of anilines is 2. The van der Waals surface area contributed by atoms with Crippen molar-refractivity contribution in [3.8, 4) is 0 Å². The molecule has 29 heavy (non-hydrogen) atoms. The number of benzene rings is 2. The highest BCUT2D eigenvalue weighted by Gasteiger charge is 2.59. The van der Waals surface area contributed by atoms with Gasteiger partial charge in [0.15, 0.2) is 0 Å². The van der Waals surface area contributed by atoms with Gasteiger partial charge in [0.05, 0.1) is 17.5 Å². The second-order valence-corrected chi connectivity index (χ2v) is 7.94. The number of fused-ring (bicyclic) bond motifs is 5. The molecule has 0 aromatic heterocycles. The number of allylic oxidation sites excluding steroid dienone is 2. The first-order valence-corrected chi connectivity index (χ1v) is 10.1. The lowest BCUT2D eigenvalue weighted by molar-refractivity contribution is -0.123. The van der Waals surface area contributed by atoms with E-state index in [2.05, 4.69) is 12.2 Å². The molecule has 2 bridgehead atoms. The number of imide groups is 1. The van der Waals surface area contributed by atoms with Crippen LogP contribution in [0.25, 0.3) is 0 Å². The Morgan fingerprint density at radius 1 is 0.931 bits per heavy atom. The van der Waals surface area contributed by atoms with Crippen molar-refractivity contribution in [2.45, 2.75) is 13.3 Å². The number of nitrogens with zero attached hydrogens (tertiary/aromatic N) is 2. The first kappa shape index (κ1) is 17.9. The summed E-state index contributed by atoms with van der Waals surface area (Å²) in [5.74, 6) is -0.359. The second kappa shape index (κ2) is 6.69. The maximum absolute atomic E-state index is 13.0. The lowest BCUT2D eigenvalue weighted by Gasteiger charge is -2.22. The molecular formula is C24H22N2O3. The van der Waals surface area contributed by atoms with Gasteiger partial charge in [0.1, 0.15) is 0 Å². The maximum Gasteiger partial charge on any atom is 0.258 e. The first-order chi connectivity index (χ1) is 14.1. The lowest BCUT2D eigenvalue weighted by Crippen LogP contribution is -2.33. The van der Waals surface area contributed by atoms with Crippen molar-refractivity contribution >= 4 is 29.1 Å². The minimum Gasteiger partial charge on any atom is -0.309 e. The summed E-state index contributed by atoms with van der Waals surface area (Å²) < 4.78 is 0. The van der Waals surface area contributed by atoms with Gasteiger partial charge in [-0.05, 0) is 61.6 Å². The average molecular weight is 386 g/mol. The summed E-state index contributed by atoms with van der Waals surface area (Å²) in [7, 11) is 0. The minimum absolute atomic E-state index is 0.101. The van der Waals surface area contributed by atoms with E-state index in [1.807, 2.05) is 37.3 Å². The molecule has 0 radical (unpaired) electrons. The molecule has 5 nitrogen and oxygen atoms in total. The van der Waals surface area contributed by atoms with E-state index in [1.54, 1.807) is 29.2 Å². The predicted octanol–water partition coefficient (Wildman–Crippen LogP) is 3.66. The van der Waals surface area contributed by atoms with Crippen LogP contribution in [0.5, 0.6) is 0 Å². The van der Waals surface area contributed by atoms with Crippen LogP contribution in [0.4, 0.5) is 11.4 Å². The molecule has 3 aliphatic rings. The van der Waals surface area contributed by atoms with Crippen molar-refractivity contribution in [3.05, 3.63) is 72.3 Å². The van der Waals surface area contributed by atoms with Gasteiger partial charge in [0.2, 0.25) is 11.8 Å². The van der Waals surface area contributed by atoms with Crippen molar-refractivity contribution in [1.29, 1.82) is 0 Å². The zero-order valence-electron chi connectivity index (χ0n) is 16.2. The highest BCUT2D eigenvalue weighted by Crippen LogP contribution is 2.53. The molecule has 0 N–H and O–H groups in total. The zero-order valence-corrected chi connectivity index (χ0v) is 16.2. The fourth-order valence-corrected chi connectivity index (χ4v) is 5.12. The fraction of sp³-hybridized carbons (Fsp3) is 0.292. The Morgan fingerprint density at radius 3 is 2.07 bits per heavy atom. The third kappa shape index (κ3) is 2.64. The van der Waals surface area contributed by atoms with E-state index in [-0.39, 0.29) is 41.4 Å². The minimum atomic E-state index is -0.215. The van der Waals surface area contributed by atoms with Crippen LogP contribution in [-0.4, -0.2) is 24.3 Å². The molecule has 1 saturated heterocycles. The van der Waals surface area contributed by atoms with E-state index in [4.69, 9.17) is 0 Å². The van der Waals surface area contributed by atoms with Crippen molar-refractivity contribution in [2.75, 3.05) is 16.3 Å². The Labute approximate surface area is 169 Å². The summed E-state index contributed by atoms with van der Waals surface area (Å²) in [6, 6.07) is 16.3. The van der Waals surface area contributed by atoms with Crippen LogP contribution in [0, 0.1) is 23.7 Å².